The lowest BCUT2D eigenvalue weighted by Crippen LogP contribution is -2.21. The Morgan fingerprint density at radius 2 is 2.07 bits per heavy atom. The van der Waals surface area contributed by atoms with E-state index < -0.39 is 11.5 Å². The summed E-state index contributed by atoms with van der Waals surface area (Å²) >= 11 is 1.42. The average Bonchev–Trinajstić information content (AvgIpc) is 3.23. The number of nitrogens with zero attached hydrogens (tertiary/aromatic N) is 4. The van der Waals surface area contributed by atoms with E-state index in [9.17, 15) is 9.59 Å². The molecule has 0 aliphatic heterocycles. The predicted octanol–water partition coefficient (Wildman–Crippen LogP) is 2.03. The second-order valence-electron chi connectivity index (χ2n) is 6.06. The molecule has 0 unspecified atom stereocenters. The first kappa shape index (κ1) is 17.9. The van der Waals surface area contributed by atoms with Crippen molar-refractivity contribution >= 4 is 28.2 Å². The van der Waals surface area contributed by atoms with E-state index in [2.05, 4.69) is 25.4 Å². The third-order valence-electron chi connectivity index (χ3n) is 4.03. The normalized spacial score (nSPS) is 10.9. The number of hydrogen-bond donors (Lipinski definition) is 2. The first-order valence-electron chi connectivity index (χ1n) is 8.37. The van der Waals surface area contributed by atoms with Gasteiger partial charge in [-0.05, 0) is 24.6 Å². The number of aromatic nitrogens is 5. The van der Waals surface area contributed by atoms with Crippen LogP contribution in [0.25, 0.3) is 4.96 Å². The maximum Gasteiger partial charge on any atom is 0.276 e. The summed E-state index contributed by atoms with van der Waals surface area (Å²) in [6.07, 6.45) is 0.373. The highest BCUT2D eigenvalue weighted by Crippen LogP contribution is 2.16. The number of nitrogens with one attached hydrogen (secondary N) is 2. The van der Waals surface area contributed by atoms with E-state index in [4.69, 9.17) is 4.74 Å². The minimum absolute atomic E-state index is 0.00198. The molecule has 0 fully saturated rings. The smallest absolute Gasteiger partial charge is 0.276 e. The van der Waals surface area contributed by atoms with Crippen molar-refractivity contribution in [3.63, 3.8) is 0 Å². The van der Waals surface area contributed by atoms with Gasteiger partial charge < -0.3 is 9.72 Å². The Kier molecular flexibility index (Phi) is 4.62. The highest BCUT2D eigenvalue weighted by atomic mass is 32.1. The Hall–Kier alpha value is -3.53. The Balaban J connectivity index is 1.54. The lowest BCUT2D eigenvalue weighted by molar-refractivity contribution is 0.102. The van der Waals surface area contributed by atoms with Crippen molar-refractivity contribution in [2.75, 3.05) is 12.4 Å². The molecule has 0 radical (unpaired) electrons. The fourth-order valence-corrected chi connectivity index (χ4v) is 3.45. The van der Waals surface area contributed by atoms with Crippen LogP contribution >= 0.6 is 11.3 Å². The molecule has 0 aliphatic rings. The summed E-state index contributed by atoms with van der Waals surface area (Å²) in [5.41, 5.74) is 1.44. The number of carbonyl (C=O) groups excluding carboxylic acids is 1. The summed E-state index contributed by atoms with van der Waals surface area (Å²) in [6, 6.07) is 8.53. The average molecular weight is 396 g/mol. The van der Waals surface area contributed by atoms with Gasteiger partial charge in [0.2, 0.25) is 4.96 Å². The number of rotatable bonds is 5. The highest BCUT2D eigenvalue weighted by Gasteiger charge is 2.15. The van der Waals surface area contributed by atoms with Gasteiger partial charge in [-0.25, -0.2) is 9.50 Å². The number of amides is 1. The van der Waals surface area contributed by atoms with Gasteiger partial charge in [0.05, 0.1) is 12.8 Å². The van der Waals surface area contributed by atoms with E-state index in [0.717, 1.165) is 23.1 Å². The van der Waals surface area contributed by atoms with E-state index in [1.54, 1.807) is 11.6 Å². The largest absolute Gasteiger partial charge is 0.497 e. The monoisotopic (exact) mass is 396 g/mol. The molecule has 0 bridgehead atoms. The number of thiazole rings is 1. The molecular weight excluding hydrogens is 380 g/mol. The molecule has 0 saturated heterocycles. The van der Waals surface area contributed by atoms with Crippen LogP contribution in [0.4, 0.5) is 5.95 Å². The fraction of sp³-hybridized carbons (Fsp3) is 0.167. The Morgan fingerprint density at radius 3 is 2.79 bits per heavy atom. The molecule has 4 aromatic rings. The van der Waals surface area contributed by atoms with Crippen LogP contribution in [0.5, 0.6) is 5.75 Å². The maximum absolute atomic E-state index is 12.5. The molecular formula is C18H16N6O3S. The quantitative estimate of drug-likeness (QED) is 0.534. The van der Waals surface area contributed by atoms with Gasteiger partial charge in [-0.2, -0.15) is 4.98 Å². The molecule has 1 aromatic carbocycles. The van der Waals surface area contributed by atoms with Gasteiger partial charge in [-0.1, -0.05) is 12.1 Å². The first-order chi connectivity index (χ1) is 13.5. The second-order valence-corrected chi connectivity index (χ2v) is 6.90. The number of aryl methyl sites for hydroxylation is 1. The lowest BCUT2D eigenvalue weighted by Gasteiger charge is -2.05. The number of H-pyrrole nitrogens is 1. The number of hydrogen-bond acceptors (Lipinski definition) is 7. The summed E-state index contributed by atoms with van der Waals surface area (Å²) in [6.45, 7) is 1.90. The van der Waals surface area contributed by atoms with Crippen molar-refractivity contribution in [1.82, 2.24) is 24.6 Å². The van der Waals surface area contributed by atoms with E-state index in [0.29, 0.717) is 17.2 Å². The summed E-state index contributed by atoms with van der Waals surface area (Å²) in [5.74, 6) is 0.746. The third kappa shape index (κ3) is 3.62. The Labute approximate surface area is 163 Å². The summed E-state index contributed by atoms with van der Waals surface area (Å²) in [4.78, 5) is 36.3. The van der Waals surface area contributed by atoms with Crippen LogP contribution in [-0.2, 0) is 6.42 Å². The first-order valence-corrected chi connectivity index (χ1v) is 9.25. The highest BCUT2D eigenvalue weighted by molar-refractivity contribution is 7.15. The van der Waals surface area contributed by atoms with Crippen LogP contribution in [-0.4, -0.2) is 37.6 Å². The van der Waals surface area contributed by atoms with Crippen molar-refractivity contribution < 1.29 is 9.53 Å². The van der Waals surface area contributed by atoms with E-state index >= 15 is 0 Å². The van der Waals surface area contributed by atoms with Gasteiger partial charge in [0, 0.05) is 17.9 Å². The minimum atomic E-state index is -0.544. The maximum atomic E-state index is 12.5. The van der Waals surface area contributed by atoms with Crippen molar-refractivity contribution in [3.8, 4) is 5.75 Å². The van der Waals surface area contributed by atoms with Gasteiger partial charge in [0.1, 0.15) is 17.3 Å². The number of aromatic amines is 1. The number of ether oxygens (including phenoxy) is 1. The van der Waals surface area contributed by atoms with Crippen LogP contribution in [0.2, 0.25) is 0 Å². The summed E-state index contributed by atoms with van der Waals surface area (Å²) in [7, 11) is 1.59. The zero-order chi connectivity index (χ0) is 19.7. The lowest BCUT2D eigenvalue weighted by atomic mass is 10.1. The number of anilines is 1. The number of fused-ring (bicyclic) bond motifs is 1. The Bertz CT molecular complexity index is 1210. The summed E-state index contributed by atoms with van der Waals surface area (Å²) < 4.78 is 6.77. The van der Waals surface area contributed by atoms with Crippen LogP contribution < -0.4 is 15.6 Å². The predicted molar refractivity (Wildman–Crippen MR) is 104 cm³/mol. The number of carbonyl (C=O) groups is 1. The Morgan fingerprint density at radius 1 is 1.29 bits per heavy atom. The van der Waals surface area contributed by atoms with Crippen LogP contribution in [0.3, 0.4) is 0 Å². The fourth-order valence-electron chi connectivity index (χ4n) is 2.66. The van der Waals surface area contributed by atoms with Crippen molar-refractivity contribution in [1.29, 1.82) is 0 Å². The van der Waals surface area contributed by atoms with Crippen molar-refractivity contribution in [2.45, 2.75) is 13.3 Å². The number of benzene rings is 1. The zero-order valence-corrected chi connectivity index (χ0v) is 15.9. The molecule has 0 atom stereocenters. The van der Waals surface area contributed by atoms with Gasteiger partial charge in [-0.15, -0.1) is 16.4 Å². The molecule has 10 heteroatoms. The van der Waals surface area contributed by atoms with Gasteiger partial charge in [0.15, 0.2) is 0 Å². The molecule has 3 heterocycles. The molecule has 28 heavy (non-hydrogen) atoms. The standard InChI is InChI=1S/C18H16N6O3S/c1-10-9-28-18-22-17(23-24(10)18)21-16(26)13-8-15(25)20-14(19-13)7-11-3-5-12(27-2)6-4-11/h3-6,8-9H,7H2,1-2H3,(H,19,20,25)(H,21,23,26). The molecule has 0 saturated carbocycles. The van der Waals surface area contributed by atoms with Crippen LogP contribution in [0.15, 0.2) is 40.5 Å². The van der Waals surface area contributed by atoms with Crippen LogP contribution in [0.1, 0.15) is 27.6 Å². The zero-order valence-electron chi connectivity index (χ0n) is 15.1. The molecule has 4 rings (SSSR count). The SMILES string of the molecule is COc1ccc(Cc2nc(C(=O)Nc3nc4scc(C)n4n3)cc(=O)[nH]2)cc1. The minimum Gasteiger partial charge on any atom is -0.497 e. The topological polar surface area (TPSA) is 114 Å². The van der Waals surface area contributed by atoms with E-state index in [1.165, 1.54) is 11.3 Å². The summed E-state index contributed by atoms with van der Waals surface area (Å²) in [5, 5.41) is 8.73. The molecule has 0 aliphatic carbocycles. The van der Waals surface area contributed by atoms with Crippen molar-refractivity contribution in [3.05, 3.63) is 68.8 Å². The number of methoxy groups -OCH3 is 1. The molecule has 9 nitrogen and oxygen atoms in total. The molecule has 1 amide bonds. The van der Waals surface area contributed by atoms with E-state index in [1.807, 2.05) is 36.6 Å². The van der Waals surface area contributed by atoms with E-state index in [-0.39, 0.29) is 11.6 Å². The molecule has 0 spiro atoms. The molecule has 3 aromatic heterocycles. The second kappa shape index (κ2) is 7.24. The molecule has 2 N–H and O–H groups in total. The van der Waals surface area contributed by atoms with Gasteiger partial charge >= 0.3 is 0 Å². The molecule has 142 valence electrons. The van der Waals surface area contributed by atoms with Gasteiger partial charge in [-0.3, -0.25) is 14.9 Å². The van der Waals surface area contributed by atoms with Crippen molar-refractivity contribution in [2.24, 2.45) is 0 Å². The third-order valence-corrected chi connectivity index (χ3v) is 4.96. The van der Waals surface area contributed by atoms with Crippen LogP contribution in [0, 0.1) is 6.92 Å². The van der Waals surface area contributed by atoms with Gasteiger partial charge in [0.25, 0.3) is 17.4 Å².